The second kappa shape index (κ2) is 8.96. The first-order valence-corrected chi connectivity index (χ1v) is 9.05. The molecule has 9 heteroatoms. The van der Waals surface area contributed by atoms with Crippen LogP contribution in [0.15, 0.2) is 53.4 Å². The topological polar surface area (TPSA) is 89.6 Å². The summed E-state index contributed by atoms with van der Waals surface area (Å²) in [6.07, 6.45) is 0. The zero-order valence-electron chi connectivity index (χ0n) is 14.8. The van der Waals surface area contributed by atoms with E-state index in [2.05, 4.69) is 15.8 Å². The van der Waals surface area contributed by atoms with Crippen molar-refractivity contribution in [3.63, 3.8) is 0 Å². The van der Waals surface area contributed by atoms with Gasteiger partial charge in [0.15, 0.2) is 11.5 Å². The number of ether oxygens (including phenoxy) is 2. The lowest BCUT2D eigenvalue weighted by atomic mass is 10.2. The summed E-state index contributed by atoms with van der Waals surface area (Å²) >= 11 is 1.47. The summed E-state index contributed by atoms with van der Waals surface area (Å²) in [6, 6.07) is 9.58. The van der Waals surface area contributed by atoms with Gasteiger partial charge in [0.05, 0.1) is 18.3 Å². The molecule has 0 radical (unpaired) electrons. The van der Waals surface area contributed by atoms with Crippen LogP contribution in [0.4, 0.5) is 4.39 Å². The monoisotopic (exact) mass is 401 g/mol. The highest BCUT2D eigenvalue weighted by Gasteiger charge is 2.13. The van der Waals surface area contributed by atoms with Gasteiger partial charge < -0.3 is 9.47 Å². The van der Waals surface area contributed by atoms with E-state index in [9.17, 15) is 14.0 Å². The molecule has 0 atom stereocenters. The fourth-order valence-corrected chi connectivity index (χ4v) is 2.79. The Hall–Kier alpha value is -3.46. The molecule has 3 rings (SSSR count). The van der Waals surface area contributed by atoms with Crippen molar-refractivity contribution in [2.24, 2.45) is 0 Å². The highest BCUT2D eigenvalue weighted by molar-refractivity contribution is 7.07. The van der Waals surface area contributed by atoms with Crippen LogP contribution in [-0.2, 0) is 6.61 Å². The Morgan fingerprint density at radius 1 is 1.04 bits per heavy atom. The van der Waals surface area contributed by atoms with Gasteiger partial charge in [-0.3, -0.25) is 20.4 Å². The van der Waals surface area contributed by atoms with Gasteiger partial charge in [0.1, 0.15) is 12.4 Å². The number of hydrogen-bond acceptors (Lipinski definition) is 6. The number of nitrogens with one attached hydrogen (secondary N) is 2. The van der Waals surface area contributed by atoms with Gasteiger partial charge in [-0.25, -0.2) is 9.37 Å². The Balaban J connectivity index is 1.61. The van der Waals surface area contributed by atoms with Crippen molar-refractivity contribution in [3.05, 3.63) is 76.0 Å². The van der Waals surface area contributed by atoms with Crippen molar-refractivity contribution in [1.82, 2.24) is 15.8 Å². The summed E-state index contributed by atoms with van der Waals surface area (Å²) < 4.78 is 23.8. The number of hydrogen-bond donors (Lipinski definition) is 2. The maximum atomic E-state index is 12.9. The number of hydrazine groups is 1. The lowest BCUT2D eigenvalue weighted by molar-refractivity contribution is 0.0846. The molecule has 0 unspecified atom stereocenters. The Kier molecular flexibility index (Phi) is 6.18. The van der Waals surface area contributed by atoms with Gasteiger partial charge in [0, 0.05) is 16.5 Å². The van der Waals surface area contributed by atoms with E-state index in [0.29, 0.717) is 11.5 Å². The average molecular weight is 401 g/mol. The second-order valence-electron chi connectivity index (χ2n) is 5.55. The van der Waals surface area contributed by atoms with E-state index in [0.717, 1.165) is 17.8 Å². The molecule has 0 saturated carbocycles. The van der Waals surface area contributed by atoms with Crippen molar-refractivity contribution in [2.75, 3.05) is 7.11 Å². The number of methoxy groups -OCH3 is 1. The molecule has 0 fully saturated rings. The first-order valence-electron chi connectivity index (χ1n) is 8.11. The van der Waals surface area contributed by atoms with E-state index < -0.39 is 17.6 Å². The molecule has 2 aromatic carbocycles. The Morgan fingerprint density at radius 3 is 2.36 bits per heavy atom. The van der Waals surface area contributed by atoms with Crippen LogP contribution in [0, 0.1) is 5.82 Å². The van der Waals surface area contributed by atoms with Gasteiger partial charge in [-0.05, 0) is 42.5 Å². The molecule has 2 N–H and O–H groups in total. The molecular formula is C19H16FN3O4S. The van der Waals surface area contributed by atoms with Crippen molar-refractivity contribution < 1.29 is 23.5 Å². The lowest BCUT2D eigenvalue weighted by Gasteiger charge is -2.12. The quantitative estimate of drug-likeness (QED) is 0.620. The minimum absolute atomic E-state index is 0.213. The Morgan fingerprint density at radius 2 is 1.71 bits per heavy atom. The van der Waals surface area contributed by atoms with Crippen LogP contribution in [-0.4, -0.2) is 23.9 Å². The van der Waals surface area contributed by atoms with E-state index >= 15 is 0 Å². The summed E-state index contributed by atoms with van der Waals surface area (Å²) in [6.45, 7) is 0.277. The van der Waals surface area contributed by atoms with Gasteiger partial charge in [0.2, 0.25) is 0 Å². The molecule has 7 nitrogen and oxygen atoms in total. The maximum absolute atomic E-state index is 12.9. The number of amides is 2. The molecule has 2 amide bonds. The summed E-state index contributed by atoms with van der Waals surface area (Å²) in [4.78, 5) is 28.4. The number of benzene rings is 2. The molecule has 28 heavy (non-hydrogen) atoms. The zero-order chi connectivity index (χ0) is 19.9. The van der Waals surface area contributed by atoms with Gasteiger partial charge in [0.25, 0.3) is 11.8 Å². The minimum Gasteiger partial charge on any atom is -0.493 e. The van der Waals surface area contributed by atoms with Gasteiger partial charge >= 0.3 is 0 Å². The predicted octanol–water partition coefficient (Wildman–Crippen LogP) is 2.94. The third kappa shape index (κ3) is 4.83. The Labute approximate surface area is 164 Å². The third-order valence-corrected chi connectivity index (χ3v) is 4.32. The second-order valence-corrected chi connectivity index (χ2v) is 6.27. The van der Waals surface area contributed by atoms with E-state index in [1.165, 1.54) is 42.7 Å². The van der Waals surface area contributed by atoms with Crippen molar-refractivity contribution >= 4 is 23.2 Å². The molecule has 3 aromatic rings. The first kappa shape index (κ1) is 19.3. The number of carbonyl (C=O) groups is 2. The smallest absolute Gasteiger partial charge is 0.269 e. The minimum atomic E-state index is -0.566. The van der Waals surface area contributed by atoms with Gasteiger partial charge in [-0.1, -0.05) is 0 Å². The van der Waals surface area contributed by atoms with E-state index in [4.69, 9.17) is 9.47 Å². The van der Waals surface area contributed by atoms with E-state index in [-0.39, 0.29) is 17.7 Å². The largest absolute Gasteiger partial charge is 0.493 e. The SMILES string of the molecule is COc1cc(C(=O)NNC(=O)c2ccc(F)cc2)ccc1OCc1cscn1. The van der Waals surface area contributed by atoms with Crippen LogP contribution in [0.25, 0.3) is 0 Å². The number of nitrogens with zero attached hydrogens (tertiary/aromatic N) is 1. The number of halogens is 1. The van der Waals surface area contributed by atoms with Crippen molar-refractivity contribution in [3.8, 4) is 11.5 Å². The highest BCUT2D eigenvalue weighted by Crippen LogP contribution is 2.28. The molecule has 0 aliphatic heterocycles. The molecule has 0 saturated heterocycles. The summed E-state index contributed by atoms with van der Waals surface area (Å²) in [5.74, 6) is -0.733. The van der Waals surface area contributed by atoms with E-state index in [1.54, 1.807) is 11.6 Å². The molecule has 0 bridgehead atoms. The standard InChI is InChI=1S/C19H16FN3O4S/c1-26-17-8-13(4-7-16(17)27-9-15-10-28-11-21-15)19(25)23-22-18(24)12-2-5-14(20)6-3-12/h2-8,10-11H,9H2,1H3,(H,22,24)(H,23,25). The molecule has 0 aliphatic rings. The molecular weight excluding hydrogens is 385 g/mol. The van der Waals surface area contributed by atoms with Gasteiger partial charge in [-0.15, -0.1) is 11.3 Å². The predicted molar refractivity (Wildman–Crippen MR) is 101 cm³/mol. The normalized spacial score (nSPS) is 10.2. The number of rotatable bonds is 6. The summed E-state index contributed by atoms with van der Waals surface area (Å²) in [7, 11) is 1.46. The molecule has 0 spiro atoms. The van der Waals surface area contributed by atoms with Crippen molar-refractivity contribution in [2.45, 2.75) is 6.61 Å². The van der Waals surface area contributed by atoms with Gasteiger partial charge in [-0.2, -0.15) is 0 Å². The highest BCUT2D eigenvalue weighted by atomic mass is 32.1. The van der Waals surface area contributed by atoms with Crippen LogP contribution < -0.4 is 20.3 Å². The van der Waals surface area contributed by atoms with Crippen LogP contribution in [0.1, 0.15) is 26.4 Å². The van der Waals surface area contributed by atoms with Crippen LogP contribution >= 0.6 is 11.3 Å². The summed E-state index contributed by atoms with van der Waals surface area (Å²) in [5.41, 5.74) is 7.55. The number of carbonyl (C=O) groups excluding carboxylic acids is 2. The van der Waals surface area contributed by atoms with E-state index in [1.807, 2.05) is 5.38 Å². The fraction of sp³-hybridized carbons (Fsp3) is 0.105. The average Bonchev–Trinajstić information content (AvgIpc) is 3.24. The molecule has 1 heterocycles. The number of aromatic nitrogens is 1. The maximum Gasteiger partial charge on any atom is 0.269 e. The third-order valence-electron chi connectivity index (χ3n) is 3.68. The summed E-state index contributed by atoms with van der Waals surface area (Å²) in [5, 5.41) is 1.87. The Bertz CT molecular complexity index is 962. The van der Waals surface area contributed by atoms with Crippen molar-refractivity contribution in [1.29, 1.82) is 0 Å². The fourth-order valence-electron chi connectivity index (χ4n) is 2.25. The molecule has 1 aromatic heterocycles. The zero-order valence-corrected chi connectivity index (χ0v) is 15.6. The lowest BCUT2D eigenvalue weighted by Crippen LogP contribution is -2.41. The van der Waals surface area contributed by atoms with Crippen LogP contribution in [0.5, 0.6) is 11.5 Å². The number of thiazole rings is 1. The van der Waals surface area contributed by atoms with Crippen LogP contribution in [0.3, 0.4) is 0 Å². The first-order chi connectivity index (χ1) is 13.6. The molecule has 144 valence electrons. The van der Waals surface area contributed by atoms with Crippen LogP contribution in [0.2, 0.25) is 0 Å². The molecule has 0 aliphatic carbocycles.